The molecule has 0 aliphatic heterocycles. The third-order valence-electron chi connectivity index (χ3n) is 1.89. The van der Waals surface area contributed by atoms with Gasteiger partial charge in [0.25, 0.3) is 0 Å². The van der Waals surface area contributed by atoms with Gasteiger partial charge >= 0.3 is 0 Å². The second-order valence-electron chi connectivity index (χ2n) is 3.07. The van der Waals surface area contributed by atoms with Gasteiger partial charge in [0.05, 0.1) is 10.8 Å². The predicted molar refractivity (Wildman–Crippen MR) is 104 cm³/mol. The van der Waals surface area contributed by atoms with Gasteiger partial charge in [0.1, 0.15) is 0 Å². The molecule has 0 N–H and O–H groups in total. The first kappa shape index (κ1) is 28.1. The Balaban J connectivity index is -0.000000212. The minimum atomic E-state index is -1.03. The average Bonchev–Trinajstić information content (AvgIpc) is 2.55. The molecule has 0 saturated heterocycles. The molecule has 0 heterocycles. The molecule has 0 fully saturated rings. The van der Waals surface area contributed by atoms with Crippen LogP contribution in [0.3, 0.4) is 0 Å². The van der Waals surface area contributed by atoms with Crippen LogP contribution in [0.15, 0.2) is 59.6 Å². The lowest BCUT2D eigenvalue weighted by molar-refractivity contribution is 0.690. The van der Waals surface area contributed by atoms with Crippen LogP contribution in [0.25, 0.3) is 0 Å². The Morgan fingerprint density at radius 1 is 1.00 bits per heavy atom. The van der Waals surface area contributed by atoms with E-state index >= 15 is 0 Å². The first-order valence-electron chi connectivity index (χ1n) is 7.70. The first-order chi connectivity index (χ1) is 10.0. The van der Waals surface area contributed by atoms with Gasteiger partial charge in [-0.1, -0.05) is 79.0 Å². The summed E-state index contributed by atoms with van der Waals surface area (Å²) in [5, 5.41) is 0. The average molecular weight is 313 g/mol. The van der Waals surface area contributed by atoms with Crippen molar-refractivity contribution in [3.8, 4) is 0 Å². The molecule has 1 unspecified atom stereocenters. The summed E-state index contributed by atoms with van der Waals surface area (Å²) in [7, 11) is -1.03. The standard InChI is InChI=1S/C13H18OS.3C2H6/c1-6-8-10-11(3)12(4)13(9-7-2)15(5)14;3*1-2/h6-10H,2,4H2,1,3,5H3;3*1-2H3/b8-6-,11-10+,13-9+;;;. The van der Waals surface area contributed by atoms with Crippen molar-refractivity contribution in [3.63, 3.8) is 0 Å². The Labute approximate surface area is 136 Å². The first-order valence-corrected chi connectivity index (χ1v) is 9.25. The topological polar surface area (TPSA) is 17.1 Å². The molecule has 2 heteroatoms. The zero-order valence-corrected chi connectivity index (χ0v) is 16.4. The van der Waals surface area contributed by atoms with Crippen LogP contribution < -0.4 is 0 Å². The molecule has 124 valence electrons. The highest BCUT2D eigenvalue weighted by molar-refractivity contribution is 7.88. The predicted octanol–water partition coefficient (Wildman–Crippen LogP) is 6.59. The lowest BCUT2D eigenvalue weighted by Crippen LogP contribution is -1.96. The van der Waals surface area contributed by atoms with E-state index in [4.69, 9.17) is 0 Å². The van der Waals surface area contributed by atoms with Crippen molar-refractivity contribution in [1.29, 1.82) is 0 Å². The van der Waals surface area contributed by atoms with Crippen LogP contribution in [0.5, 0.6) is 0 Å². The summed E-state index contributed by atoms with van der Waals surface area (Å²) >= 11 is 0. The molecule has 0 aromatic heterocycles. The van der Waals surface area contributed by atoms with Crippen LogP contribution in [-0.4, -0.2) is 10.5 Å². The molecule has 0 aliphatic rings. The normalized spacial score (nSPS) is 11.9. The van der Waals surface area contributed by atoms with Crippen molar-refractivity contribution >= 4 is 10.8 Å². The number of hydrogen-bond acceptors (Lipinski definition) is 1. The summed E-state index contributed by atoms with van der Waals surface area (Å²) in [5.74, 6) is 0. The van der Waals surface area contributed by atoms with Crippen LogP contribution in [0.2, 0.25) is 0 Å². The van der Waals surface area contributed by atoms with Crippen LogP contribution in [-0.2, 0) is 10.8 Å². The third kappa shape index (κ3) is 16.8. The monoisotopic (exact) mass is 312 g/mol. The van der Waals surface area contributed by atoms with E-state index in [1.165, 1.54) is 0 Å². The minimum absolute atomic E-state index is 0.725. The van der Waals surface area contributed by atoms with E-state index in [9.17, 15) is 4.21 Å². The summed E-state index contributed by atoms with van der Waals surface area (Å²) in [6, 6.07) is 0. The largest absolute Gasteiger partial charge is 0.255 e. The van der Waals surface area contributed by atoms with E-state index in [0.29, 0.717) is 0 Å². The van der Waals surface area contributed by atoms with Crippen LogP contribution in [0.4, 0.5) is 0 Å². The molecule has 0 spiro atoms. The molecule has 0 aromatic rings. The van der Waals surface area contributed by atoms with Gasteiger partial charge < -0.3 is 0 Å². The fourth-order valence-electron chi connectivity index (χ4n) is 1.01. The summed E-state index contributed by atoms with van der Waals surface area (Å²) in [4.78, 5) is 0.725. The lowest BCUT2D eigenvalue weighted by atomic mass is 10.1. The van der Waals surface area contributed by atoms with E-state index < -0.39 is 10.8 Å². The lowest BCUT2D eigenvalue weighted by Gasteiger charge is -2.07. The molecule has 1 atom stereocenters. The van der Waals surface area contributed by atoms with Gasteiger partial charge in [-0.25, -0.2) is 0 Å². The second kappa shape index (κ2) is 23.9. The molecule has 21 heavy (non-hydrogen) atoms. The Morgan fingerprint density at radius 2 is 1.43 bits per heavy atom. The number of hydrogen-bond donors (Lipinski definition) is 0. The highest BCUT2D eigenvalue weighted by Crippen LogP contribution is 2.19. The highest BCUT2D eigenvalue weighted by Gasteiger charge is 2.07. The Kier molecular flexibility index (Phi) is 32.0. The van der Waals surface area contributed by atoms with Gasteiger partial charge in [-0.05, 0) is 31.1 Å². The van der Waals surface area contributed by atoms with Crippen molar-refractivity contribution in [2.45, 2.75) is 55.4 Å². The molecule has 0 saturated carbocycles. The molecule has 0 aliphatic carbocycles. The van der Waals surface area contributed by atoms with E-state index in [-0.39, 0.29) is 0 Å². The Bertz CT molecular complexity index is 358. The van der Waals surface area contributed by atoms with Crippen molar-refractivity contribution < 1.29 is 4.21 Å². The maximum Gasteiger partial charge on any atom is 0.0504 e. The summed E-state index contributed by atoms with van der Waals surface area (Å²) in [6.45, 7) is 23.4. The molecule has 0 amide bonds. The van der Waals surface area contributed by atoms with E-state index in [1.807, 2.05) is 73.6 Å². The maximum absolute atomic E-state index is 11.4. The number of allylic oxidation sites excluding steroid dienone is 7. The van der Waals surface area contributed by atoms with Gasteiger partial charge in [-0.3, -0.25) is 4.21 Å². The van der Waals surface area contributed by atoms with Gasteiger partial charge in [0, 0.05) is 11.2 Å². The van der Waals surface area contributed by atoms with Crippen LogP contribution in [0.1, 0.15) is 55.4 Å². The van der Waals surface area contributed by atoms with Crippen molar-refractivity contribution in [2.75, 3.05) is 6.26 Å². The highest BCUT2D eigenvalue weighted by atomic mass is 32.2. The maximum atomic E-state index is 11.4. The summed E-state index contributed by atoms with van der Waals surface area (Å²) in [5.41, 5.74) is 1.81. The Hall–Kier alpha value is -1.15. The molecule has 0 rings (SSSR count). The van der Waals surface area contributed by atoms with E-state index in [0.717, 1.165) is 16.1 Å². The summed E-state index contributed by atoms with van der Waals surface area (Å²) in [6.07, 6.45) is 10.8. The molecular weight excluding hydrogens is 276 g/mol. The van der Waals surface area contributed by atoms with Gasteiger partial charge in [0.15, 0.2) is 0 Å². The SMILES string of the molecule is C=C/C=C(\C(=C)/C(C)=C/C=C\C)S(C)=O.CC.CC.CC. The molecule has 1 nitrogen and oxygen atoms in total. The third-order valence-corrected chi connectivity index (χ3v) is 2.89. The zero-order valence-electron chi connectivity index (χ0n) is 15.6. The van der Waals surface area contributed by atoms with Crippen molar-refractivity contribution in [3.05, 3.63) is 59.6 Å². The Morgan fingerprint density at radius 3 is 1.71 bits per heavy atom. The quantitative estimate of drug-likeness (QED) is 0.523. The fraction of sp³-hybridized carbons (Fsp3) is 0.474. The van der Waals surface area contributed by atoms with Gasteiger partial charge in [-0.15, -0.1) is 0 Å². The molecule has 0 radical (unpaired) electrons. The molecule has 0 aromatic carbocycles. The van der Waals surface area contributed by atoms with Gasteiger partial charge in [0.2, 0.25) is 0 Å². The molecule has 0 bridgehead atoms. The van der Waals surface area contributed by atoms with Crippen molar-refractivity contribution in [2.24, 2.45) is 0 Å². The summed E-state index contributed by atoms with van der Waals surface area (Å²) < 4.78 is 11.4. The van der Waals surface area contributed by atoms with Crippen LogP contribution >= 0.6 is 0 Å². The van der Waals surface area contributed by atoms with Crippen LogP contribution in [0, 0.1) is 0 Å². The second-order valence-corrected chi connectivity index (χ2v) is 4.42. The molecular formula is C19H36OS. The fourth-order valence-corrected chi connectivity index (χ4v) is 1.81. The smallest absolute Gasteiger partial charge is 0.0504 e. The van der Waals surface area contributed by atoms with Crippen molar-refractivity contribution in [1.82, 2.24) is 0 Å². The zero-order chi connectivity index (χ0) is 17.8. The van der Waals surface area contributed by atoms with E-state index in [2.05, 4.69) is 13.2 Å². The van der Waals surface area contributed by atoms with Gasteiger partial charge in [-0.2, -0.15) is 0 Å². The minimum Gasteiger partial charge on any atom is -0.255 e. The van der Waals surface area contributed by atoms with E-state index in [1.54, 1.807) is 18.4 Å². The number of rotatable bonds is 5.